The Kier molecular flexibility index (Phi) is 5.82. The van der Waals surface area contributed by atoms with Crippen LogP contribution in [0.1, 0.15) is 29.2 Å². The van der Waals surface area contributed by atoms with E-state index < -0.39 is 23.8 Å². The molecule has 1 aliphatic heterocycles. The number of nitrogens with one attached hydrogen (secondary N) is 1. The van der Waals surface area contributed by atoms with Crippen molar-refractivity contribution >= 4 is 5.91 Å². The fourth-order valence-corrected chi connectivity index (χ4v) is 3.33. The summed E-state index contributed by atoms with van der Waals surface area (Å²) in [6.45, 7) is 1.92. The highest BCUT2D eigenvalue weighted by Crippen LogP contribution is 2.33. The average molecular weight is 378 g/mol. The predicted molar refractivity (Wildman–Crippen MR) is 94.3 cm³/mol. The highest BCUT2D eigenvalue weighted by atomic mass is 19.1. The van der Waals surface area contributed by atoms with Crippen LogP contribution in [0.5, 0.6) is 0 Å². The van der Waals surface area contributed by atoms with Crippen molar-refractivity contribution < 1.29 is 23.1 Å². The Bertz CT molecular complexity index is 844. The summed E-state index contributed by atoms with van der Waals surface area (Å²) in [4.78, 5) is 13.9. The standard InChI is InChI=1S/C20H21F3N2O2/c1-12-2-3-13(6-18(12)23)9-24-20(27)11-25-10-15(26)8-19(25)16-7-14(21)4-5-17(16)22/h2-7,15,19,26H,8-11H2,1H3,(H,24,27)/t15-,19-/m1/s1. The number of aliphatic hydroxyl groups excluding tert-OH is 1. The first-order valence-corrected chi connectivity index (χ1v) is 8.72. The molecule has 3 rings (SSSR count). The lowest BCUT2D eigenvalue weighted by atomic mass is 10.0. The molecule has 0 saturated carbocycles. The van der Waals surface area contributed by atoms with Gasteiger partial charge in [0.05, 0.1) is 12.6 Å². The SMILES string of the molecule is Cc1ccc(CNC(=O)CN2C[C@H](O)C[C@@H]2c2cc(F)ccc2F)cc1F. The highest BCUT2D eigenvalue weighted by molar-refractivity contribution is 5.78. The van der Waals surface area contributed by atoms with Gasteiger partial charge in [-0.2, -0.15) is 0 Å². The van der Waals surface area contributed by atoms with Crippen molar-refractivity contribution in [2.45, 2.75) is 32.0 Å². The summed E-state index contributed by atoms with van der Waals surface area (Å²) in [5, 5.41) is 12.6. The van der Waals surface area contributed by atoms with Crippen molar-refractivity contribution in [3.63, 3.8) is 0 Å². The molecule has 0 aliphatic carbocycles. The van der Waals surface area contributed by atoms with Gasteiger partial charge in [-0.05, 0) is 48.7 Å². The molecule has 7 heteroatoms. The van der Waals surface area contributed by atoms with Gasteiger partial charge in [-0.15, -0.1) is 0 Å². The third-order valence-corrected chi connectivity index (χ3v) is 4.77. The third kappa shape index (κ3) is 4.67. The topological polar surface area (TPSA) is 52.6 Å². The monoisotopic (exact) mass is 378 g/mol. The van der Waals surface area contributed by atoms with Gasteiger partial charge < -0.3 is 10.4 Å². The fourth-order valence-electron chi connectivity index (χ4n) is 3.33. The minimum Gasteiger partial charge on any atom is -0.392 e. The van der Waals surface area contributed by atoms with Crippen LogP contribution in [0.4, 0.5) is 13.2 Å². The molecule has 1 saturated heterocycles. The van der Waals surface area contributed by atoms with Gasteiger partial charge in [0.15, 0.2) is 0 Å². The number of carbonyl (C=O) groups excluding carboxylic acids is 1. The van der Waals surface area contributed by atoms with E-state index in [4.69, 9.17) is 0 Å². The smallest absolute Gasteiger partial charge is 0.234 e. The number of aryl methyl sites for hydroxylation is 1. The lowest BCUT2D eigenvalue weighted by Gasteiger charge is -2.24. The predicted octanol–water partition coefficient (Wildman–Crippen LogP) is 2.84. The summed E-state index contributed by atoms with van der Waals surface area (Å²) in [6.07, 6.45) is -0.506. The van der Waals surface area contributed by atoms with Crippen LogP contribution in [0.3, 0.4) is 0 Å². The summed E-state index contributed by atoms with van der Waals surface area (Å²) < 4.78 is 41.2. The van der Waals surface area contributed by atoms with Crippen LogP contribution in [-0.4, -0.2) is 35.1 Å². The third-order valence-electron chi connectivity index (χ3n) is 4.77. The highest BCUT2D eigenvalue weighted by Gasteiger charge is 2.34. The number of rotatable bonds is 5. The minimum atomic E-state index is -0.725. The Hall–Kier alpha value is -2.38. The van der Waals surface area contributed by atoms with E-state index in [1.165, 1.54) is 6.07 Å². The number of β-amino-alcohol motifs (C(OH)–C–C–N with tert-alkyl or cyclic N) is 1. The molecule has 1 amide bonds. The van der Waals surface area contributed by atoms with Crippen molar-refractivity contribution in [1.82, 2.24) is 10.2 Å². The van der Waals surface area contributed by atoms with Gasteiger partial charge in [-0.1, -0.05) is 12.1 Å². The van der Waals surface area contributed by atoms with E-state index in [9.17, 15) is 23.1 Å². The molecular weight excluding hydrogens is 357 g/mol. The Morgan fingerprint density at radius 2 is 1.96 bits per heavy atom. The second-order valence-corrected chi connectivity index (χ2v) is 6.86. The zero-order valence-electron chi connectivity index (χ0n) is 14.9. The summed E-state index contributed by atoms with van der Waals surface area (Å²) in [6, 6.07) is 7.30. The Morgan fingerprint density at radius 3 is 2.70 bits per heavy atom. The molecule has 27 heavy (non-hydrogen) atoms. The number of aliphatic hydroxyl groups is 1. The maximum absolute atomic E-state index is 14.1. The molecule has 1 aliphatic rings. The molecule has 0 bridgehead atoms. The normalized spacial score (nSPS) is 20.0. The van der Waals surface area contributed by atoms with Crippen molar-refractivity contribution in [3.05, 3.63) is 70.5 Å². The average Bonchev–Trinajstić information content (AvgIpc) is 2.98. The van der Waals surface area contributed by atoms with Gasteiger partial charge in [0.1, 0.15) is 17.5 Å². The van der Waals surface area contributed by atoms with Gasteiger partial charge in [0, 0.05) is 24.7 Å². The molecule has 2 N–H and O–H groups in total. The van der Waals surface area contributed by atoms with Crippen LogP contribution in [0, 0.1) is 24.4 Å². The van der Waals surface area contributed by atoms with Crippen LogP contribution in [0.15, 0.2) is 36.4 Å². The van der Waals surface area contributed by atoms with Gasteiger partial charge in [-0.3, -0.25) is 9.69 Å². The number of nitrogens with zero attached hydrogens (tertiary/aromatic N) is 1. The lowest BCUT2D eigenvalue weighted by molar-refractivity contribution is -0.122. The number of halogens is 3. The second kappa shape index (κ2) is 8.10. The molecule has 2 atom stereocenters. The van der Waals surface area contributed by atoms with Crippen LogP contribution in [0.2, 0.25) is 0 Å². The first-order chi connectivity index (χ1) is 12.8. The number of likely N-dealkylation sites (tertiary alicyclic amines) is 1. The minimum absolute atomic E-state index is 0.0774. The van der Waals surface area contributed by atoms with E-state index in [1.54, 1.807) is 24.0 Å². The number of amides is 1. The zero-order valence-corrected chi connectivity index (χ0v) is 14.9. The molecule has 0 spiro atoms. The van der Waals surface area contributed by atoms with Crippen molar-refractivity contribution in [2.75, 3.05) is 13.1 Å². The van der Waals surface area contributed by atoms with Crippen LogP contribution in [-0.2, 0) is 11.3 Å². The van der Waals surface area contributed by atoms with E-state index in [-0.39, 0.29) is 43.3 Å². The van der Waals surface area contributed by atoms with Crippen molar-refractivity contribution in [1.29, 1.82) is 0 Å². The quantitative estimate of drug-likeness (QED) is 0.841. The number of carbonyl (C=O) groups is 1. The van der Waals surface area contributed by atoms with E-state index in [1.807, 2.05) is 0 Å². The molecular formula is C20H21F3N2O2. The molecule has 0 unspecified atom stereocenters. The number of benzene rings is 2. The van der Waals surface area contributed by atoms with Gasteiger partial charge >= 0.3 is 0 Å². The molecule has 4 nitrogen and oxygen atoms in total. The first kappa shape index (κ1) is 19.4. The fraction of sp³-hybridized carbons (Fsp3) is 0.350. The van der Waals surface area contributed by atoms with Crippen LogP contribution < -0.4 is 5.32 Å². The maximum atomic E-state index is 14.1. The largest absolute Gasteiger partial charge is 0.392 e. The van der Waals surface area contributed by atoms with Gasteiger partial charge in [-0.25, -0.2) is 13.2 Å². The van der Waals surface area contributed by atoms with E-state index in [2.05, 4.69) is 5.32 Å². The molecule has 1 heterocycles. The maximum Gasteiger partial charge on any atom is 0.234 e. The molecule has 0 aromatic heterocycles. The van der Waals surface area contributed by atoms with E-state index in [0.29, 0.717) is 11.1 Å². The Labute approximate surface area is 155 Å². The summed E-state index contributed by atoms with van der Waals surface area (Å²) >= 11 is 0. The number of hydrogen-bond donors (Lipinski definition) is 2. The molecule has 144 valence electrons. The van der Waals surface area contributed by atoms with Crippen molar-refractivity contribution in [2.24, 2.45) is 0 Å². The van der Waals surface area contributed by atoms with Crippen LogP contribution >= 0.6 is 0 Å². The summed E-state index contributed by atoms with van der Waals surface area (Å²) in [5.41, 5.74) is 1.27. The summed E-state index contributed by atoms with van der Waals surface area (Å²) in [5.74, 6) is -1.83. The number of hydrogen-bond acceptors (Lipinski definition) is 3. The van der Waals surface area contributed by atoms with Crippen LogP contribution in [0.25, 0.3) is 0 Å². The second-order valence-electron chi connectivity index (χ2n) is 6.86. The van der Waals surface area contributed by atoms with Gasteiger partial charge in [0.25, 0.3) is 0 Å². The van der Waals surface area contributed by atoms with Gasteiger partial charge in [0.2, 0.25) is 5.91 Å². The van der Waals surface area contributed by atoms with E-state index >= 15 is 0 Å². The first-order valence-electron chi connectivity index (χ1n) is 8.72. The zero-order chi connectivity index (χ0) is 19.6. The lowest BCUT2D eigenvalue weighted by Crippen LogP contribution is -2.37. The Morgan fingerprint density at radius 1 is 1.19 bits per heavy atom. The molecule has 2 aromatic carbocycles. The van der Waals surface area contributed by atoms with Crippen molar-refractivity contribution in [3.8, 4) is 0 Å². The Balaban J connectivity index is 1.64. The van der Waals surface area contributed by atoms with E-state index in [0.717, 1.165) is 18.2 Å². The molecule has 2 aromatic rings. The molecule has 0 radical (unpaired) electrons. The summed E-state index contributed by atoms with van der Waals surface area (Å²) in [7, 11) is 0. The molecule has 1 fully saturated rings.